The maximum absolute atomic E-state index is 14.0. The molecule has 2 aliphatic heterocycles. The molecule has 0 bridgehead atoms. The molecule has 6 rings (SSSR count). The maximum atomic E-state index is 14.0. The second-order valence-corrected chi connectivity index (χ2v) is 20.4. The quantitative estimate of drug-likeness (QED) is 0.0506. The van der Waals surface area contributed by atoms with E-state index in [0.29, 0.717) is 55.3 Å². The molecule has 392 valence electrons. The van der Waals surface area contributed by atoms with Crippen molar-refractivity contribution in [2.45, 2.75) is 110 Å². The summed E-state index contributed by atoms with van der Waals surface area (Å²) in [7, 11) is 0. The van der Waals surface area contributed by atoms with Gasteiger partial charge in [0.15, 0.2) is 5.78 Å². The molecule has 0 radical (unpaired) electrons. The highest BCUT2D eigenvalue weighted by molar-refractivity contribution is 7.13. The fourth-order valence-corrected chi connectivity index (χ4v) is 9.46. The van der Waals surface area contributed by atoms with Gasteiger partial charge in [0.25, 0.3) is 5.91 Å². The number of aliphatic hydroxyl groups is 1. The van der Waals surface area contributed by atoms with Gasteiger partial charge < -0.3 is 34.3 Å². The lowest BCUT2D eigenvalue weighted by Crippen LogP contribution is -2.57. The number of hydrogen-bond donors (Lipinski definition) is 2. The van der Waals surface area contributed by atoms with E-state index in [0.717, 1.165) is 53.1 Å². The Morgan fingerprint density at radius 1 is 0.904 bits per heavy atom. The van der Waals surface area contributed by atoms with Crippen LogP contribution >= 0.6 is 11.3 Å². The van der Waals surface area contributed by atoms with Crippen LogP contribution in [0.4, 0.5) is 29.3 Å². The van der Waals surface area contributed by atoms with Crippen molar-refractivity contribution < 1.29 is 61.2 Å². The summed E-state index contributed by atoms with van der Waals surface area (Å²) in [4.78, 5) is 76.1. The first kappa shape index (κ1) is 56.1. The number of halogens is 3. The lowest BCUT2D eigenvalue weighted by atomic mass is 9.85. The van der Waals surface area contributed by atoms with Crippen LogP contribution in [-0.4, -0.2) is 121 Å². The standard InChI is InChI=1S/C53H63F3N6O10S/c1-34-46(73-33-58-34)36-13-10-35(11-14-36)12-21-44(64)43-29-40(63)31-60(43)48(66)47(51(2,3)4)59-45(65)32-71-27-26-70-25-24-69-22-8-7-9-23-72-41-19-17-38(18-20-41)62-50(68)61(49(67)52(62,5)6)39-16-15-37(30-57)42(28-39)53(54,55)56/h10-11,13-20,28,33,40,43,47,63H,7-9,12,21-27,29,31-32H2,1-6H3,(H,59,65)/t40-,43+,47-/m1/s1. The number of aromatic nitrogens is 1. The molecule has 0 aliphatic carbocycles. The van der Waals surface area contributed by atoms with Crippen LogP contribution < -0.4 is 19.9 Å². The largest absolute Gasteiger partial charge is 0.494 e. The zero-order valence-corrected chi connectivity index (χ0v) is 42.8. The lowest BCUT2D eigenvalue weighted by Gasteiger charge is -2.35. The Balaban J connectivity index is 0.822. The third-order valence-corrected chi connectivity index (χ3v) is 13.6. The highest BCUT2D eigenvalue weighted by atomic mass is 32.1. The number of nitrogens with zero attached hydrogens (tertiary/aromatic N) is 5. The zero-order valence-electron chi connectivity index (χ0n) is 42.0. The Labute approximate surface area is 427 Å². The SMILES string of the molecule is Cc1ncsc1-c1ccc(CCC(=O)[C@@H]2C[C@@H](O)CN2C(=O)[C@@H](NC(=O)COCCOCCOCCCCCOc2ccc(N3C(=O)N(c4ccc(C#N)c(C(F)(F)F)c4)C(=O)C3(C)C)cc2)C(C)(C)C)cc1. The lowest BCUT2D eigenvalue weighted by molar-refractivity contribution is -0.144. The van der Waals surface area contributed by atoms with Crippen LogP contribution in [0.15, 0.2) is 72.2 Å². The van der Waals surface area contributed by atoms with Gasteiger partial charge in [-0.2, -0.15) is 18.4 Å². The number of Topliss-reactive ketones (excluding diaryl/α,β-unsaturated/α-hetero) is 1. The van der Waals surface area contributed by atoms with E-state index < -0.39 is 70.2 Å². The van der Waals surface area contributed by atoms with E-state index in [-0.39, 0.29) is 50.7 Å². The number of nitrogens with one attached hydrogen (secondary N) is 1. The molecule has 1 aromatic heterocycles. The summed E-state index contributed by atoms with van der Waals surface area (Å²) in [5.74, 6) is -1.27. The van der Waals surface area contributed by atoms with Crippen LogP contribution in [-0.2, 0) is 46.0 Å². The zero-order chi connectivity index (χ0) is 53.1. The van der Waals surface area contributed by atoms with Gasteiger partial charge in [0.1, 0.15) is 23.9 Å². The second-order valence-electron chi connectivity index (χ2n) is 19.5. The summed E-state index contributed by atoms with van der Waals surface area (Å²) >= 11 is 1.57. The van der Waals surface area contributed by atoms with Crippen molar-refractivity contribution in [3.63, 3.8) is 0 Å². The summed E-state index contributed by atoms with van der Waals surface area (Å²) < 4.78 is 63.5. The predicted octanol–water partition coefficient (Wildman–Crippen LogP) is 8.05. The predicted molar refractivity (Wildman–Crippen MR) is 267 cm³/mol. The highest BCUT2D eigenvalue weighted by Gasteiger charge is 2.53. The van der Waals surface area contributed by atoms with E-state index in [2.05, 4.69) is 10.3 Å². The molecule has 2 aliphatic rings. The highest BCUT2D eigenvalue weighted by Crippen LogP contribution is 2.40. The first-order valence-electron chi connectivity index (χ1n) is 24.2. The van der Waals surface area contributed by atoms with Crippen LogP contribution in [0.25, 0.3) is 10.4 Å². The number of urea groups is 1. The van der Waals surface area contributed by atoms with Gasteiger partial charge in [0, 0.05) is 31.7 Å². The number of unbranched alkanes of at least 4 members (excludes halogenated alkanes) is 2. The van der Waals surface area contributed by atoms with Gasteiger partial charge in [-0.15, -0.1) is 11.3 Å². The van der Waals surface area contributed by atoms with Crippen molar-refractivity contribution in [3.05, 3.63) is 94.6 Å². The molecule has 2 fully saturated rings. The van der Waals surface area contributed by atoms with E-state index in [4.69, 9.17) is 24.2 Å². The Bertz CT molecular complexity index is 2610. The van der Waals surface area contributed by atoms with E-state index in [1.165, 1.54) is 29.7 Å². The average molecular weight is 1030 g/mol. The topological polar surface area (TPSA) is 201 Å². The minimum absolute atomic E-state index is 0.000357. The van der Waals surface area contributed by atoms with Crippen LogP contribution in [0.1, 0.15) is 89.1 Å². The normalized spacial score (nSPS) is 17.2. The van der Waals surface area contributed by atoms with Gasteiger partial charge in [-0.3, -0.25) is 24.1 Å². The minimum Gasteiger partial charge on any atom is -0.494 e. The summed E-state index contributed by atoms with van der Waals surface area (Å²) in [6, 6.07) is 16.1. The number of ether oxygens (including phenoxy) is 4. The molecular formula is C53H63F3N6O10S. The molecule has 0 unspecified atom stereocenters. The molecule has 16 nitrogen and oxygen atoms in total. The van der Waals surface area contributed by atoms with E-state index in [1.54, 1.807) is 35.6 Å². The number of aryl methyl sites for hydroxylation is 2. The fraction of sp³-hybridized carbons (Fsp3) is 0.491. The number of hydrogen-bond acceptors (Lipinski definition) is 13. The number of likely N-dealkylation sites (tertiary alicyclic amines) is 1. The number of anilines is 2. The molecule has 2 N–H and O–H groups in total. The van der Waals surface area contributed by atoms with Gasteiger partial charge in [-0.1, -0.05) is 45.0 Å². The number of rotatable bonds is 24. The molecular weight excluding hydrogens is 970 g/mol. The number of aliphatic hydroxyl groups excluding tert-OH is 1. The van der Waals surface area contributed by atoms with Crippen molar-refractivity contribution in [1.29, 1.82) is 5.26 Å². The van der Waals surface area contributed by atoms with Crippen LogP contribution in [0.5, 0.6) is 5.75 Å². The van der Waals surface area contributed by atoms with Crippen molar-refractivity contribution in [1.82, 2.24) is 15.2 Å². The fourth-order valence-electron chi connectivity index (χ4n) is 8.64. The molecule has 2 saturated heterocycles. The molecule has 0 saturated carbocycles. The molecule has 3 heterocycles. The van der Waals surface area contributed by atoms with Crippen molar-refractivity contribution in [2.24, 2.45) is 5.41 Å². The average Bonchev–Trinajstić information content (AvgIpc) is 4.01. The van der Waals surface area contributed by atoms with Gasteiger partial charge in [0.05, 0.1) is 84.1 Å². The van der Waals surface area contributed by atoms with E-state index >= 15 is 0 Å². The van der Waals surface area contributed by atoms with E-state index in [9.17, 15) is 42.3 Å². The molecule has 4 aromatic rings. The number of ketones is 1. The number of β-amino-alcohol motifs (C(OH)–C–C–N with tert-alkyl or cyclic N) is 1. The summed E-state index contributed by atoms with van der Waals surface area (Å²) in [6.07, 6.45) is -2.57. The molecule has 20 heteroatoms. The summed E-state index contributed by atoms with van der Waals surface area (Å²) in [5, 5.41) is 22.5. The smallest absolute Gasteiger partial charge is 0.417 e. The summed E-state index contributed by atoms with van der Waals surface area (Å²) in [5.41, 5.74) is 0.884. The monoisotopic (exact) mass is 1030 g/mol. The van der Waals surface area contributed by atoms with Gasteiger partial charge in [0.2, 0.25) is 11.8 Å². The number of carbonyl (C=O) groups is 5. The number of nitriles is 1. The molecule has 0 spiro atoms. The molecule has 5 amide bonds. The van der Waals surface area contributed by atoms with Gasteiger partial charge in [-0.25, -0.2) is 14.7 Å². The maximum Gasteiger partial charge on any atom is 0.417 e. The summed E-state index contributed by atoms with van der Waals surface area (Å²) in [6.45, 7) is 12.1. The number of benzene rings is 3. The number of amides is 5. The van der Waals surface area contributed by atoms with Crippen molar-refractivity contribution in [3.8, 4) is 22.3 Å². The molecule has 3 aromatic carbocycles. The molecule has 3 atom stereocenters. The second kappa shape index (κ2) is 24.7. The van der Waals surface area contributed by atoms with E-state index in [1.807, 2.05) is 57.5 Å². The molecule has 73 heavy (non-hydrogen) atoms. The minimum atomic E-state index is -4.86. The third kappa shape index (κ3) is 14.3. The first-order chi connectivity index (χ1) is 34.6. The third-order valence-electron chi connectivity index (χ3n) is 12.6. The first-order valence-corrected chi connectivity index (χ1v) is 25.1. The Morgan fingerprint density at radius 2 is 1.55 bits per heavy atom. The number of alkyl halides is 3. The number of thiazole rings is 1. The van der Waals surface area contributed by atoms with Gasteiger partial charge in [-0.05, 0) is 105 Å². The Morgan fingerprint density at radius 3 is 2.18 bits per heavy atom. The Kier molecular flexibility index (Phi) is 18.9. The van der Waals surface area contributed by atoms with Gasteiger partial charge >= 0.3 is 12.2 Å². The number of imide groups is 1. The van der Waals surface area contributed by atoms with Crippen molar-refractivity contribution in [2.75, 3.05) is 62.6 Å². The Hall–Kier alpha value is -6.24. The van der Waals surface area contributed by atoms with Crippen LogP contribution in [0.3, 0.4) is 0 Å². The van der Waals surface area contributed by atoms with Crippen molar-refractivity contribution >= 4 is 52.2 Å². The van der Waals surface area contributed by atoms with Crippen LogP contribution in [0, 0.1) is 23.7 Å². The number of carbonyl (C=O) groups excluding carboxylic acids is 5. The van der Waals surface area contributed by atoms with Crippen LogP contribution in [0.2, 0.25) is 0 Å².